The molecule has 1 N–H and O–H groups in total. The SMILES string of the molecule is COc1ccccc1C1CC(NC(=O)C2CCN(c3nc(C)cc(C)n3)CC2)C1. The Morgan fingerprint density at radius 1 is 1.10 bits per heavy atom. The molecular formula is C23H30N4O2. The lowest BCUT2D eigenvalue weighted by Crippen LogP contribution is -2.48. The summed E-state index contributed by atoms with van der Waals surface area (Å²) in [7, 11) is 1.71. The van der Waals surface area contributed by atoms with Gasteiger partial charge in [0.1, 0.15) is 5.75 Å². The number of ether oxygens (including phenoxy) is 1. The molecule has 0 unspecified atom stereocenters. The van der Waals surface area contributed by atoms with Crippen molar-refractivity contribution in [3.05, 3.63) is 47.3 Å². The van der Waals surface area contributed by atoms with Gasteiger partial charge < -0.3 is 15.0 Å². The van der Waals surface area contributed by atoms with Crippen molar-refractivity contribution in [2.45, 2.75) is 51.5 Å². The quantitative estimate of drug-likeness (QED) is 0.842. The minimum absolute atomic E-state index is 0.0856. The number of rotatable bonds is 5. The molecule has 0 atom stereocenters. The Bertz CT molecular complexity index is 851. The molecule has 0 spiro atoms. The molecule has 2 heterocycles. The van der Waals surface area contributed by atoms with Gasteiger partial charge in [0, 0.05) is 36.4 Å². The molecule has 2 fully saturated rings. The van der Waals surface area contributed by atoms with Gasteiger partial charge in [-0.25, -0.2) is 9.97 Å². The molecule has 6 nitrogen and oxygen atoms in total. The maximum absolute atomic E-state index is 12.7. The van der Waals surface area contributed by atoms with Gasteiger partial charge in [-0.3, -0.25) is 4.79 Å². The molecule has 1 aliphatic carbocycles. The minimum Gasteiger partial charge on any atom is -0.496 e. The van der Waals surface area contributed by atoms with Gasteiger partial charge in [-0.2, -0.15) is 0 Å². The lowest BCUT2D eigenvalue weighted by Gasteiger charge is -2.38. The summed E-state index contributed by atoms with van der Waals surface area (Å²) < 4.78 is 5.47. The predicted molar refractivity (Wildman–Crippen MR) is 113 cm³/mol. The molecule has 4 rings (SSSR count). The van der Waals surface area contributed by atoms with Crippen LogP contribution in [0.3, 0.4) is 0 Å². The van der Waals surface area contributed by atoms with Crippen LogP contribution in [0, 0.1) is 19.8 Å². The van der Waals surface area contributed by atoms with Crippen LogP contribution in [0.25, 0.3) is 0 Å². The number of carbonyl (C=O) groups excluding carboxylic acids is 1. The zero-order chi connectivity index (χ0) is 20.4. The smallest absolute Gasteiger partial charge is 0.225 e. The summed E-state index contributed by atoms with van der Waals surface area (Å²) in [5.74, 6) is 2.50. The van der Waals surface area contributed by atoms with Gasteiger partial charge in [-0.15, -0.1) is 0 Å². The summed E-state index contributed by atoms with van der Waals surface area (Å²) >= 11 is 0. The second kappa shape index (κ2) is 8.39. The molecule has 29 heavy (non-hydrogen) atoms. The fourth-order valence-corrected chi connectivity index (χ4v) is 4.50. The number of methoxy groups -OCH3 is 1. The first kappa shape index (κ1) is 19.7. The van der Waals surface area contributed by atoms with Crippen molar-refractivity contribution in [1.82, 2.24) is 15.3 Å². The minimum atomic E-state index is 0.0856. The monoisotopic (exact) mass is 394 g/mol. The molecule has 6 heteroatoms. The van der Waals surface area contributed by atoms with Crippen LogP contribution in [-0.4, -0.2) is 42.1 Å². The number of nitrogens with zero attached hydrogens (tertiary/aromatic N) is 3. The second-order valence-corrected chi connectivity index (χ2v) is 8.33. The van der Waals surface area contributed by atoms with Crippen molar-refractivity contribution in [3.8, 4) is 5.75 Å². The lowest BCUT2D eigenvalue weighted by atomic mass is 9.75. The number of hydrogen-bond donors (Lipinski definition) is 1. The van der Waals surface area contributed by atoms with Gasteiger partial charge in [0.15, 0.2) is 0 Å². The molecule has 0 radical (unpaired) electrons. The Labute approximate surface area is 172 Å². The molecule has 1 saturated heterocycles. The second-order valence-electron chi connectivity index (χ2n) is 8.33. The van der Waals surface area contributed by atoms with E-state index < -0.39 is 0 Å². The fraction of sp³-hybridized carbons (Fsp3) is 0.522. The standard InChI is InChI=1S/C23H30N4O2/c1-15-12-16(2)25-23(24-15)27-10-8-17(9-11-27)22(28)26-19-13-18(14-19)20-6-4-5-7-21(20)29-3/h4-7,12,17-19H,8-11,13-14H2,1-3H3,(H,26,28). The normalized spacial score (nSPS) is 22.1. The number of benzene rings is 1. The molecule has 2 aromatic rings. The van der Waals surface area contributed by atoms with Crippen LogP contribution in [0.1, 0.15) is 48.6 Å². The van der Waals surface area contributed by atoms with E-state index in [0.717, 1.165) is 61.9 Å². The molecule has 1 aromatic heterocycles. The summed E-state index contributed by atoms with van der Waals surface area (Å²) in [4.78, 5) is 24.0. The summed E-state index contributed by atoms with van der Waals surface area (Å²) in [6.07, 6.45) is 3.68. The van der Waals surface area contributed by atoms with Gasteiger partial charge in [0.2, 0.25) is 11.9 Å². The average molecular weight is 395 g/mol. The molecule has 1 aromatic carbocycles. The summed E-state index contributed by atoms with van der Waals surface area (Å²) in [6, 6.07) is 10.5. The first-order valence-corrected chi connectivity index (χ1v) is 10.5. The van der Waals surface area contributed by atoms with Gasteiger partial charge >= 0.3 is 0 Å². The van der Waals surface area contributed by atoms with Crippen LogP contribution in [0.4, 0.5) is 5.95 Å². The van der Waals surface area contributed by atoms with E-state index >= 15 is 0 Å². The van der Waals surface area contributed by atoms with E-state index in [1.54, 1.807) is 7.11 Å². The molecule has 154 valence electrons. The highest BCUT2D eigenvalue weighted by Gasteiger charge is 2.35. The van der Waals surface area contributed by atoms with E-state index in [1.165, 1.54) is 5.56 Å². The summed E-state index contributed by atoms with van der Waals surface area (Å²) in [5, 5.41) is 3.27. The van der Waals surface area contributed by atoms with Crippen LogP contribution in [0.2, 0.25) is 0 Å². The van der Waals surface area contributed by atoms with Gasteiger partial charge in [0.05, 0.1) is 7.11 Å². The average Bonchev–Trinajstić information content (AvgIpc) is 2.69. The van der Waals surface area contributed by atoms with Crippen LogP contribution in [0.5, 0.6) is 5.75 Å². The number of piperidine rings is 1. The molecule has 2 aliphatic rings. The highest BCUT2D eigenvalue weighted by Crippen LogP contribution is 2.41. The topological polar surface area (TPSA) is 67.3 Å². The zero-order valence-corrected chi connectivity index (χ0v) is 17.5. The number of nitrogens with one attached hydrogen (secondary N) is 1. The Morgan fingerprint density at radius 3 is 2.41 bits per heavy atom. The van der Waals surface area contributed by atoms with Crippen molar-refractivity contribution in [1.29, 1.82) is 0 Å². The van der Waals surface area contributed by atoms with Crippen LogP contribution in [0.15, 0.2) is 30.3 Å². The Balaban J connectivity index is 1.26. The number of aromatic nitrogens is 2. The van der Waals surface area contributed by atoms with Crippen molar-refractivity contribution < 1.29 is 9.53 Å². The van der Waals surface area contributed by atoms with Crippen LogP contribution in [-0.2, 0) is 4.79 Å². The number of amides is 1. The summed E-state index contributed by atoms with van der Waals surface area (Å²) in [5.41, 5.74) is 3.23. The fourth-order valence-electron chi connectivity index (χ4n) is 4.50. The Hall–Kier alpha value is -2.63. The van der Waals surface area contributed by atoms with Gasteiger partial charge in [-0.05, 0) is 63.1 Å². The maximum Gasteiger partial charge on any atom is 0.225 e. The Kier molecular flexibility index (Phi) is 5.69. The van der Waals surface area contributed by atoms with Crippen LogP contribution < -0.4 is 15.0 Å². The molecule has 1 aliphatic heterocycles. The number of carbonyl (C=O) groups is 1. The van der Waals surface area contributed by atoms with Crippen LogP contribution >= 0.6 is 0 Å². The van der Waals surface area contributed by atoms with E-state index in [0.29, 0.717) is 5.92 Å². The number of anilines is 1. The van der Waals surface area contributed by atoms with Gasteiger partial charge in [-0.1, -0.05) is 18.2 Å². The third kappa shape index (κ3) is 4.36. The number of para-hydroxylation sites is 1. The van der Waals surface area contributed by atoms with Crippen molar-refractivity contribution in [2.24, 2.45) is 5.92 Å². The molecular weight excluding hydrogens is 364 g/mol. The highest BCUT2D eigenvalue weighted by atomic mass is 16.5. The zero-order valence-electron chi connectivity index (χ0n) is 17.5. The maximum atomic E-state index is 12.7. The first-order chi connectivity index (χ1) is 14.0. The molecule has 1 saturated carbocycles. The number of hydrogen-bond acceptors (Lipinski definition) is 5. The van der Waals surface area contributed by atoms with Crippen molar-refractivity contribution >= 4 is 11.9 Å². The van der Waals surface area contributed by atoms with E-state index in [4.69, 9.17) is 4.74 Å². The van der Waals surface area contributed by atoms with E-state index in [-0.39, 0.29) is 17.9 Å². The third-order valence-electron chi connectivity index (χ3n) is 6.18. The Morgan fingerprint density at radius 2 is 1.76 bits per heavy atom. The third-order valence-corrected chi connectivity index (χ3v) is 6.18. The van der Waals surface area contributed by atoms with Gasteiger partial charge in [0.25, 0.3) is 0 Å². The number of aryl methyl sites for hydroxylation is 2. The molecule has 1 amide bonds. The first-order valence-electron chi connectivity index (χ1n) is 10.5. The van der Waals surface area contributed by atoms with E-state index in [2.05, 4.69) is 32.3 Å². The largest absolute Gasteiger partial charge is 0.496 e. The lowest BCUT2D eigenvalue weighted by molar-refractivity contribution is -0.127. The van der Waals surface area contributed by atoms with E-state index in [1.807, 2.05) is 32.0 Å². The highest BCUT2D eigenvalue weighted by molar-refractivity contribution is 5.79. The van der Waals surface area contributed by atoms with Crippen molar-refractivity contribution in [2.75, 3.05) is 25.1 Å². The molecule has 0 bridgehead atoms. The van der Waals surface area contributed by atoms with Crippen molar-refractivity contribution in [3.63, 3.8) is 0 Å². The predicted octanol–water partition coefficient (Wildman–Crippen LogP) is 3.38. The van der Waals surface area contributed by atoms with E-state index in [9.17, 15) is 4.79 Å². The summed E-state index contributed by atoms with van der Waals surface area (Å²) in [6.45, 7) is 5.65.